The molecular weight excluding hydrogens is 398 g/mol. The van der Waals surface area contributed by atoms with Crippen LogP contribution < -0.4 is 11.1 Å². The van der Waals surface area contributed by atoms with Crippen LogP contribution in [0.2, 0.25) is 0 Å². The number of aryl methyl sites for hydroxylation is 2. The maximum Gasteiger partial charge on any atom is 0.167 e. The lowest BCUT2D eigenvalue weighted by molar-refractivity contribution is 0.0982. The van der Waals surface area contributed by atoms with Gasteiger partial charge in [-0.15, -0.1) is 0 Å². The number of aromatic nitrogens is 2. The van der Waals surface area contributed by atoms with E-state index in [4.69, 9.17) is 5.73 Å². The van der Waals surface area contributed by atoms with Crippen molar-refractivity contribution < 1.29 is 4.79 Å². The molecule has 1 aromatic carbocycles. The molecule has 3 heterocycles. The van der Waals surface area contributed by atoms with E-state index in [2.05, 4.69) is 33.3 Å². The zero-order valence-electron chi connectivity index (χ0n) is 18.4. The Morgan fingerprint density at radius 3 is 2.69 bits per heavy atom. The summed E-state index contributed by atoms with van der Waals surface area (Å²) in [6.07, 6.45) is 6.99. The zero-order chi connectivity index (χ0) is 21.8. The number of Topliss-reactive ketones (excluding diaryl/α,β-unsaturated/α-hetero) is 1. The third-order valence-corrected chi connectivity index (χ3v) is 6.33. The molecule has 0 spiro atoms. The number of hydrogen-bond donors (Lipinski definition) is 2. The molecule has 3 N–H and O–H groups in total. The van der Waals surface area contributed by atoms with Crippen LogP contribution in [0, 0.1) is 12.8 Å². The highest BCUT2D eigenvalue weighted by Crippen LogP contribution is 2.24. The minimum atomic E-state index is 0. The smallest absolute Gasteiger partial charge is 0.167 e. The molecule has 0 unspecified atom stereocenters. The third-order valence-electron chi connectivity index (χ3n) is 6.33. The van der Waals surface area contributed by atoms with E-state index >= 15 is 0 Å². The molecule has 1 saturated heterocycles. The number of fused-ring (bicyclic) bond motifs is 1. The maximum atomic E-state index is 13.2. The quantitative estimate of drug-likeness (QED) is 0.524. The van der Waals surface area contributed by atoms with Gasteiger partial charge in [0.1, 0.15) is 11.6 Å². The van der Waals surface area contributed by atoms with Crippen LogP contribution in [-0.2, 0) is 6.42 Å². The Hall–Kier alpha value is -2.99. The number of anilines is 2. The summed E-state index contributed by atoms with van der Waals surface area (Å²) in [5.74, 6) is 2.01. The number of ketones is 1. The molecule has 0 atom stereocenters. The highest BCUT2D eigenvalue weighted by molar-refractivity contribution is 6.02. The summed E-state index contributed by atoms with van der Waals surface area (Å²) < 4.78 is 0. The van der Waals surface area contributed by atoms with Crippen molar-refractivity contribution in [2.75, 3.05) is 37.7 Å². The van der Waals surface area contributed by atoms with Crippen molar-refractivity contribution in [2.24, 2.45) is 5.92 Å². The van der Waals surface area contributed by atoms with Crippen LogP contribution in [0.25, 0.3) is 10.8 Å². The molecule has 6 heteroatoms. The number of likely N-dealkylation sites (tertiary alicyclic amines) is 1. The van der Waals surface area contributed by atoms with Crippen molar-refractivity contribution in [2.45, 2.75) is 40.0 Å². The average Bonchev–Trinajstić information content (AvgIpc) is 2.77. The van der Waals surface area contributed by atoms with E-state index in [1.807, 2.05) is 31.2 Å². The minimum Gasteiger partial charge on any atom is -0.383 e. The number of rotatable bonds is 7. The molecule has 4 rings (SSSR count). The van der Waals surface area contributed by atoms with Gasteiger partial charge in [0.2, 0.25) is 0 Å². The molecule has 3 aromatic rings. The van der Waals surface area contributed by atoms with Crippen molar-refractivity contribution in [1.82, 2.24) is 14.9 Å². The summed E-state index contributed by atoms with van der Waals surface area (Å²) in [6, 6.07) is 9.98. The van der Waals surface area contributed by atoms with Gasteiger partial charge in [0.15, 0.2) is 5.78 Å². The molecule has 0 aliphatic carbocycles. The number of piperidine rings is 1. The molecule has 0 saturated carbocycles. The first-order valence-electron chi connectivity index (χ1n) is 11.1. The normalized spacial score (nSPS) is 14.8. The Bertz CT molecular complexity index is 1070. The Balaban J connectivity index is 0.00000289. The highest BCUT2D eigenvalue weighted by atomic mass is 16.1. The van der Waals surface area contributed by atoms with Gasteiger partial charge in [-0.05, 0) is 80.9 Å². The van der Waals surface area contributed by atoms with Crippen LogP contribution in [0.3, 0.4) is 0 Å². The first-order valence-corrected chi connectivity index (χ1v) is 11.1. The third kappa shape index (κ3) is 5.43. The van der Waals surface area contributed by atoms with E-state index < -0.39 is 0 Å². The van der Waals surface area contributed by atoms with Crippen molar-refractivity contribution in [1.29, 1.82) is 0 Å². The van der Waals surface area contributed by atoms with Crippen molar-refractivity contribution in [3.8, 4) is 0 Å². The lowest BCUT2D eigenvalue weighted by Gasteiger charge is -2.29. The fraction of sp³-hybridized carbons (Fsp3) is 0.423. The van der Waals surface area contributed by atoms with Gasteiger partial charge in [-0.2, -0.15) is 0 Å². The largest absolute Gasteiger partial charge is 0.383 e. The average molecular weight is 434 g/mol. The molecule has 1 aliphatic heterocycles. The number of nitrogens with one attached hydrogen (secondary N) is 1. The first-order chi connectivity index (χ1) is 15.0. The van der Waals surface area contributed by atoms with Gasteiger partial charge in [-0.3, -0.25) is 4.79 Å². The van der Waals surface area contributed by atoms with E-state index in [0.29, 0.717) is 24.6 Å². The van der Waals surface area contributed by atoms with Gasteiger partial charge in [-0.1, -0.05) is 25.6 Å². The van der Waals surface area contributed by atoms with E-state index in [1.165, 1.54) is 12.8 Å². The second kappa shape index (κ2) is 10.6. The van der Waals surface area contributed by atoms with E-state index in [0.717, 1.165) is 52.9 Å². The zero-order valence-corrected chi connectivity index (χ0v) is 18.4. The van der Waals surface area contributed by atoms with Crippen molar-refractivity contribution in [3.05, 3.63) is 59.4 Å². The number of carbonyl (C=O) groups is 1. The molecule has 6 nitrogen and oxygen atoms in total. The molecule has 0 bridgehead atoms. The van der Waals surface area contributed by atoms with Crippen LogP contribution in [0.1, 0.15) is 48.2 Å². The molecule has 0 radical (unpaired) electrons. The summed E-state index contributed by atoms with van der Waals surface area (Å²) in [4.78, 5) is 24.2. The van der Waals surface area contributed by atoms with Crippen molar-refractivity contribution >= 4 is 28.2 Å². The second-order valence-electron chi connectivity index (χ2n) is 8.65. The monoisotopic (exact) mass is 433 g/mol. The molecule has 170 valence electrons. The van der Waals surface area contributed by atoms with Crippen LogP contribution in [0.4, 0.5) is 11.6 Å². The Kier molecular flexibility index (Phi) is 7.80. The Morgan fingerprint density at radius 2 is 1.91 bits per heavy atom. The summed E-state index contributed by atoms with van der Waals surface area (Å²) in [6.45, 7) is 5.12. The predicted octanol–water partition coefficient (Wildman–Crippen LogP) is 4.73. The van der Waals surface area contributed by atoms with Gasteiger partial charge in [0, 0.05) is 30.7 Å². The predicted molar refractivity (Wildman–Crippen MR) is 133 cm³/mol. The fourth-order valence-electron chi connectivity index (χ4n) is 4.34. The lowest BCUT2D eigenvalue weighted by Crippen LogP contribution is -2.33. The van der Waals surface area contributed by atoms with Gasteiger partial charge >= 0.3 is 0 Å². The molecular formula is C26H35N5O. The van der Waals surface area contributed by atoms with Gasteiger partial charge in [-0.25, -0.2) is 9.97 Å². The first kappa shape index (κ1) is 23.7. The molecule has 32 heavy (non-hydrogen) atoms. The van der Waals surface area contributed by atoms with Crippen LogP contribution in [-0.4, -0.2) is 47.3 Å². The van der Waals surface area contributed by atoms with E-state index in [-0.39, 0.29) is 13.2 Å². The summed E-state index contributed by atoms with van der Waals surface area (Å²) in [5.41, 5.74) is 8.77. The molecule has 0 amide bonds. The van der Waals surface area contributed by atoms with Gasteiger partial charge in [0.05, 0.1) is 5.56 Å². The second-order valence-corrected chi connectivity index (χ2v) is 8.65. The van der Waals surface area contributed by atoms with E-state index in [1.54, 1.807) is 12.4 Å². The summed E-state index contributed by atoms with van der Waals surface area (Å²) in [5, 5.41) is 5.47. The van der Waals surface area contributed by atoms with Crippen LogP contribution in [0.15, 0.2) is 42.7 Å². The Labute approximate surface area is 191 Å². The molecule has 1 fully saturated rings. The standard InChI is InChI=1S/C25H31N5O.CH4/c1-17-7-11-28-25(29-16-19-9-13-30(2)14-10-19)23(17)22(31)6-4-18-3-5-21-20(15-18)8-12-27-24(21)26;/h3,5,7-8,11-12,15,19H,4,6,9-10,13-14,16H2,1-2H3,(H2,26,27)(H,28,29);1H4. The number of benzene rings is 1. The molecule has 2 aromatic heterocycles. The fourth-order valence-corrected chi connectivity index (χ4v) is 4.34. The lowest BCUT2D eigenvalue weighted by atomic mass is 9.96. The van der Waals surface area contributed by atoms with Crippen LogP contribution >= 0.6 is 0 Å². The number of nitrogen functional groups attached to an aromatic ring is 1. The minimum absolute atomic E-state index is 0. The summed E-state index contributed by atoms with van der Waals surface area (Å²) in [7, 11) is 2.17. The number of nitrogens with zero attached hydrogens (tertiary/aromatic N) is 3. The number of pyridine rings is 2. The van der Waals surface area contributed by atoms with Gasteiger partial charge in [0.25, 0.3) is 0 Å². The number of carbonyl (C=O) groups excluding carboxylic acids is 1. The molecule has 1 aliphatic rings. The topological polar surface area (TPSA) is 84.1 Å². The SMILES string of the molecule is C.Cc1ccnc(NCC2CCN(C)CC2)c1C(=O)CCc1ccc2c(N)nccc2c1. The number of hydrogen-bond acceptors (Lipinski definition) is 6. The van der Waals surface area contributed by atoms with Gasteiger partial charge < -0.3 is 16.0 Å². The summed E-state index contributed by atoms with van der Waals surface area (Å²) >= 11 is 0. The highest BCUT2D eigenvalue weighted by Gasteiger charge is 2.19. The van der Waals surface area contributed by atoms with Crippen LogP contribution in [0.5, 0.6) is 0 Å². The van der Waals surface area contributed by atoms with Crippen molar-refractivity contribution in [3.63, 3.8) is 0 Å². The number of nitrogens with two attached hydrogens (primary N) is 1. The maximum absolute atomic E-state index is 13.2. The van der Waals surface area contributed by atoms with E-state index in [9.17, 15) is 4.79 Å². The Morgan fingerprint density at radius 1 is 1.16 bits per heavy atom.